The van der Waals surface area contributed by atoms with Crippen LogP contribution in [-0.4, -0.2) is 17.7 Å². The molecule has 0 bridgehead atoms. The normalized spacial score (nSPS) is 11.0. The van der Waals surface area contributed by atoms with Crippen LogP contribution in [-0.2, 0) is 0 Å². The summed E-state index contributed by atoms with van der Waals surface area (Å²) in [6.07, 6.45) is 10.5. The smallest absolute Gasteiger partial charge is 0.271 e. The van der Waals surface area contributed by atoms with Gasteiger partial charge in [-0.1, -0.05) is 51.5 Å². The Bertz CT molecular complexity index is 812. The molecule has 6 nitrogen and oxygen atoms in total. The Morgan fingerprint density at radius 2 is 1.86 bits per heavy atom. The zero-order valence-electron chi connectivity index (χ0n) is 16.8. The van der Waals surface area contributed by atoms with Crippen LogP contribution in [0.15, 0.2) is 52.0 Å². The maximum atomic E-state index is 10.8. The predicted molar refractivity (Wildman–Crippen MR) is 122 cm³/mol. The van der Waals surface area contributed by atoms with Crippen LogP contribution < -0.4 is 10.2 Å². The monoisotopic (exact) mass is 461 g/mol. The van der Waals surface area contributed by atoms with E-state index < -0.39 is 4.92 Å². The van der Waals surface area contributed by atoms with E-state index in [1.54, 1.807) is 18.3 Å². The topological polar surface area (TPSA) is 76.8 Å². The molecule has 0 spiro atoms. The Hall–Kier alpha value is -2.41. The Balaban J connectivity index is 1.76. The molecule has 2 aromatic carbocycles. The van der Waals surface area contributed by atoms with Crippen molar-refractivity contribution in [2.75, 3.05) is 12.0 Å². The molecule has 0 atom stereocenters. The Morgan fingerprint density at radius 3 is 2.59 bits per heavy atom. The average molecular weight is 462 g/mol. The molecule has 156 valence electrons. The van der Waals surface area contributed by atoms with Crippen LogP contribution in [0, 0.1) is 10.1 Å². The summed E-state index contributed by atoms with van der Waals surface area (Å²) in [5, 5.41) is 14.9. The standard InChI is InChI=1S/C22H28BrN3O3/c1-2-3-4-5-6-7-8-14-29-22-13-12-18(15-21(22)23)17-24-25-19-10-9-11-20(16-19)26(27)28/h9-13,15-17,25H,2-8,14H2,1H3. The molecule has 0 fully saturated rings. The molecule has 0 saturated carbocycles. The molecule has 29 heavy (non-hydrogen) atoms. The van der Waals surface area contributed by atoms with Gasteiger partial charge in [0, 0.05) is 12.1 Å². The summed E-state index contributed by atoms with van der Waals surface area (Å²) in [5.74, 6) is 0.819. The number of hydrogen-bond donors (Lipinski definition) is 1. The highest BCUT2D eigenvalue weighted by molar-refractivity contribution is 9.10. The van der Waals surface area contributed by atoms with Crippen LogP contribution in [0.1, 0.15) is 57.4 Å². The zero-order valence-corrected chi connectivity index (χ0v) is 18.4. The first-order chi connectivity index (χ1) is 14.1. The molecule has 1 N–H and O–H groups in total. The lowest BCUT2D eigenvalue weighted by Crippen LogP contribution is -1.98. The quantitative estimate of drug-likeness (QED) is 0.152. The molecule has 0 amide bonds. The van der Waals surface area contributed by atoms with Crippen LogP contribution in [0.2, 0.25) is 0 Å². The maximum absolute atomic E-state index is 10.8. The molecule has 0 aliphatic carbocycles. The summed E-state index contributed by atoms with van der Waals surface area (Å²) in [5.41, 5.74) is 4.28. The van der Waals surface area contributed by atoms with E-state index in [1.165, 1.54) is 50.7 Å². The number of hydrazone groups is 1. The molecule has 0 aliphatic heterocycles. The minimum Gasteiger partial charge on any atom is -0.492 e. The van der Waals surface area contributed by atoms with Gasteiger partial charge in [-0.15, -0.1) is 0 Å². The van der Waals surface area contributed by atoms with Crippen molar-refractivity contribution in [3.05, 3.63) is 62.6 Å². The molecule has 2 rings (SSSR count). The number of non-ortho nitro benzene ring substituents is 1. The van der Waals surface area contributed by atoms with Crippen LogP contribution in [0.5, 0.6) is 5.75 Å². The molecule has 2 aromatic rings. The van der Waals surface area contributed by atoms with Crippen molar-refractivity contribution >= 4 is 33.5 Å². The highest BCUT2D eigenvalue weighted by atomic mass is 79.9. The van der Waals surface area contributed by atoms with Gasteiger partial charge in [-0.25, -0.2) is 0 Å². The summed E-state index contributed by atoms with van der Waals surface area (Å²) in [4.78, 5) is 10.4. The summed E-state index contributed by atoms with van der Waals surface area (Å²) in [6, 6.07) is 12.0. The van der Waals surface area contributed by atoms with Crippen LogP contribution in [0.25, 0.3) is 0 Å². The molecule has 0 saturated heterocycles. The second-order valence-electron chi connectivity index (χ2n) is 6.84. The first kappa shape index (κ1) is 22.9. The maximum Gasteiger partial charge on any atom is 0.271 e. The first-order valence-corrected chi connectivity index (χ1v) is 10.9. The molecule has 0 unspecified atom stereocenters. The van der Waals surface area contributed by atoms with E-state index in [4.69, 9.17) is 4.74 Å². The van der Waals surface area contributed by atoms with Crippen LogP contribution in [0.4, 0.5) is 11.4 Å². The minimum atomic E-state index is -0.433. The van der Waals surface area contributed by atoms with Gasteiger partial charge in [-0.3, -0.25) is 15.5 Å². The third-order valence-corrected chi connectivity index (χ3v) is 5.05. The van der Waals surface area contributed by atoms with Gasteiger partial charge in [0.1, 0.15) is 5.75 Å². The van der Waals surface area contributed by atoms with E-state index in [2.05, 4.69) is 33.4 Å². The van der Waals surface area contributed by atoms with Gasteiger partial charge in [-0.05, 0) is 52.2 Å². The van der Waals surface area contributed by atoms with E-state index in [1.807, 2.05) is 18.2 Å². The molecule has 0 radical (unpaired) electrons. The summed E-state index contributed by atoms with van der Waals surface area (Å²) < 4.78 is 6.73. The molecule has 0 aromatic heterocycles. The first-order valence-electron chi connectivity index (χ1n) is 10.1. The fourth-order valence-electron chi connectivity index (χ4n) is 2.83. The zero-order chi connectivity index (χ0) is 20.9. The highest BCUT2D eigenvalue weighted by Gasteiger charge is 2.05. The number of nitrogens with one attached hydrogen (secondary N) is 1. The highest BCUT2D eigenvalue weighted by Crippen LogP contribution is 2.26. The fraction of sp³-hybridized carbons (Fsp3) is 0.409. The van der Waals surface area contributed by atoms with Crippen molar-refractivity contribution in [2.24, 2.45) is 5.10 Å². The van der Waals surface area contributed by atoms with Crippen molar-refractivity contribution in [3.8, 4) is 5.75 Å². The van der Waals surface area contributed by atoms with E-state index in [0.29, 0.717) is 12.3 Å². The third-order valence-electron chi connectivity index (χ3n) is 4.43. The van der Waals surface area contributed by atoms with Gasteiger partial charge in [0.2, 0.25) is 0 Å². The summed E-state index contributed by atoms with van der Waals surface area (Å²) in [6.45, 7) is 2.95. The van der Waals surface area contributed by atoms with Gasteiger partial charge < -0.3 is 4.74 Å². The number of unbranched alkanes of at least 4 members (excludes halogenated alkanes) is 6. The lowest BCUT2D eigenvalue weighted by atomic mass is 10.1. The van der Waals surface area contributed by atoms with Gasteiger partial charge in [0.05, 0.1) is 27.9 Å². The fourth-order valence-corrected chi connectivity index (χ4v) is 3.34. The number of hydrogen-bond acceptors (Lipinski definition) is 5. The number of nitro groups is 1. The van der Waals surface area contributed by atoms with Gasteiger partial charge >= 0.3 is 0 Å². The lowest BCUT2D eigenvalue weighted by Gasteiger charge is -2.09. The van der Waals surface area contributed by atoms with Crippen LogP contribution >= 0.6 is 15.9 Å². The molecule has 0 aliphatic rings. The number of nitro benzene ring substituents is 1. The molecular weight excluding hydrogens is 434 g/mol. The van der Waals surface area contributed by atoms with Gasteiger partial charge in [-0.2, -0.15) is 5.10 Å². The number of ether oxygens (including phenoxy) is 1. The lowest BCUT2D eigenvalue weighted by molar-refractivity contribution is -0.384. The second-order valence-corrected chi connectivity index (χ2v) is 7.69. The average Bonchev–Trinajstić information content (AvgIpc) is 2.71. The summed E-state index contributed by atoms with van der Waals surface area (Å²) >= 11 is 3.54. The Kier molecular flexibility index (Phi) is 10.2. The Labute approximate surface area is 180 Å². The third kappa shape index (κ3) is 8.64. The molecule has 0 heterocycles. The number of nitrogens with zero attached hydrogens (tertiary/aromatic N) is 2. The van der Waals surface area contributed by atoms with E-state index in [9.17, 15) is 10.1 Å². The SMILES string of the molecule is CCCCCCCCCOc1ccc(C=NNc2cccc([N+](=O)[O-])c2)cc1Br. The van der Waals surface area contributed by atoms with Crippen molar-refractivity contribution < 1.29 is 9.66 Å². The largest absolute Gasteiger partial charge is 0.492 e. The van der Waals surface area contributed by atoms with Crippen LogP contribution in [0.3, 0.4) is 0 Å². The van der Waals surface area contributed by atoms with Crippen molar-refractivity contribution in [3.63, 3.8) is 0 Å². The minimum absolute atomic E-state index is 0.0235. The van der Waals surface area contributed by atoms with Crippen molar-refractivity contribution in [2.45, 2.75) is 51.9 Å². The second kappa shape index (κ2) is 12.9. The van der Waals surface area contributed by atoms with Crippen molar-refractivity contribution in [1.82, 2.24) is 0 Å². The number of halogens is 1. The van der Waals surface area contributed by atoms with Gasteiger partial charge in [0.25, 0.3) is 5.69 Å². The predicted octanol–water partition coefficient (Wildman–Crippen LogP) is 6.93. The number of rotatable bonds is 13. The number of benzene rings is 2. The van der Waals surface area contributed by atoms with Crippen molar-refractivity contribution in [1.29, 1.82) is 0 Å². The summed E-state index contributed by atoms with van der Waals surface area (Å²) in [7, 11) is 0. The van der Waals surface area contributed by atoms with Gasteiger partial charge in [0.15, 0.2) is 0 Å². The van der Waals surface area contributed by atoms with E-state index in [-0.39, 0.29) is 5.69 Å². The Morgan fingerprint density at radius 1 is 1.10 bits per heavy atom. The molecular formula is C22H28BrN3O3. The molecule has 7 heteroatoms. The van der Waals surface area contributed by atoms with E-state index in [0.717, 1.165) is 22.2 Å². The van der Waals surface area contributed by atoms with E-state index >= 15 is 0 Å². The number of anilines is 1.